The highest BCUT2D eigenvalue weighted by atomic mass is 32.2. The molecule has 0 saturated heterocycles. The zero-order valence-corrected chi connectivity index (χ0v) is 11.5. The van der Waals surface area contributed by atoms with Crippen molar-refractivity contribution in [2.24, 2.45) is 5.73 Å². The van der Waals surface area contributed by atoms with Crippen molar-refractivity contribution in [1.29, 1.82) is 0 Å². The molecule has 8 nitrogen and oxygen atoms in total. The fraction of sp³-hybridized carbons (Fsp3) is 0.273. The molecule has 0 radical (unpaired) electrons. The third-order valence-corrected chi connectivity index (χ3v) is 3.48. The van der Waals surface area contributed by atoms with Crippen LogP contribution in [0, 0.1) is 0 Å². The molecule has 2 heterocycles. The molecule has 0 aliphatic carbocycles. The molecule has 0 aliphatic heterocycles. The number of imide groups is 1. The number of carbonyl (C=O) groups is 2. The summed E-state index contributed by atoms with van der Waals surface area (Å²) in [6.07, 6.45) is 3.12. The maximum Gasteiger partial charge on any atom is 0.318 e. The zero-order chi connectivity index (χ0) is 14.5. The average Bonchev–Trinajstić information content (AvgIpc) is 3.01. The molecule has 1 unspecified atom stereocenters. The van der Waals surface area contributed by atoms with Gasteiger partial charge in [0, 0.05) is 0 Å². The summed E-state index contributed by atoms with van der Waals surface area (Å²) < 4.78 is 6.99. The number of aromatic nitrogens is 3. The third-order valence-electron chi connectivity index (χ3n) is 2.38. The second kappa shape index (κ2) is 6.24. The lowest BCUT2D eigenvalue weighted by Gasteiger charge is -2.10. The molecule has 3 N–H and O–H groups in total. The lowest BCUT2D eigenvalue weighted by atomic mass is 10.4. The van der Waals surface area contributed by atoms with E-state index < -0.39 is 17.2 Å². The van der Waals surface area contributed by atoms with Crippen molar-refractivity contribution in [3.8, 4) is 0 Å². The normalized spacial score (nSPS) is 12.1. The highest BCUT2D eigenvalue weighted by Gasteiger charge is 2.19. The predicted molar refractivity (Wildman–Crippen MR) is 70.9 cm³/mol. The molecule has 0 spiro atoms. The summed E-state index contributed by atoms with van der Waals surface area (Å²) in [5.41, 5.74) is 4.90. The van der Waals surface area contributed by atoms with Crippen LogP contribution >= 0.6 is 11.8 Å². The summed E-state index contributed by atoms with van der Waals surface area (Å²) in [5, 5.41) is 9.79. The van der Waals surface area contributed by atoms with Crippen LogP contribution in [0.1, 0.15) is 12.7 Å². The molecule has 0 aliphatic rings. The van der Waals surface area contributed by atoms with Crippen molar-refractivity contribution < 1.29 is 14.0 Å². The molecule has 1 atom stereocenters. The van der Waals surface area contributed by atoms with Gasteiger partial charge >= 0.3 is 6.03 Å². The maximum absolute atomic E-state index is 11.6. The first kappa shape index (κ1) is 14.1. The summed E-state index contributed by atoms with van der Waals surface area (Å²) in [5.74, 6) is 0.274. The van der Waals surface area contributed by atoms with E-state index in [4.69, 9.17) is 10.2 Å². The lowest BCUT2D eigenvalue weighted by Crippen LogP contribution is -2.39. The van der Waals surface area contributed by atoms with Gasteiger partial charge in [-0.3, -0.25) is 10.1 Å². The summed E-state index contributed by atoms with van der Waals surface area (Å²) in [6.45, 7) is 2.11. The average molecular weight is 295 g/mol. The molecule has 2 aromatic rings. The van der Waals surface area contributed by atoms with E-state index in [1.807, 2.05) is 11.4 Å². The SMILES string of the molecule is CC(Sc1nncn1Cc1ccco1)C(=O)NC(N)=O. The summed E-state index contributed by atoms with van der Waals surface area (Å²) >= 11 is 1.18. The molecule has 20 heavy (non-hydrogen) atoms. The minimum absolute atomic E-state index is 0.465. The van der Waals surface area contributed by atoms with Crippen LogP contribution in [0.3, 0.4) is 0 Å². The van der Waals surface area contributed by atoms with Gasteiger partial charge < -0.3 is 14.7 Å². The van der Waals surface area contributed by atoms with Crippen LogP contribution in [0.2, 0.25) is 0 Å². The molecule has 2 rings (SSSR count). The number of hydrogen-bond acceptors (Lipinski definition) is 6. The van der Waals surface area contributed by atoms with Gasteiger partial charge in [0.25, 0.3) is 0 Å². The maximum atomic E-state index is 11.6. The number of nitrogens with two attached hydrogens (primary N) is 1. The van der Waals surface area contributed by atoms with Crippen LogP contribution in [0.5, 0.6) is 0 Å². The van der Waals surface area contributed by atoms with E-state index in [1.54, 1.807) is 30.1 Å². The first-order chi connectivity index (χ1) is 9.56. The second-order valence-corrected chi connectivity index (χ2v) is 5.24. The van der Waals surface area contributed by atoms with E-state index in [2.05, 4.69) is 10.2 Å². The number of urea groups is 1. The molecule has 2 aromatic heterocycles. The van der Waals surface area contributed by atoms with Gasteiger partial charge in [-0.15, -0.1) is 10.2 Å². The van der Waals surface area contributed by atoms with Gasteiger partial charge in [0.2, 0.25) is 5.91 Å². The number of rotatable bonds is 5. The van der Waals surface area contributed by atoms with Crippen LogP contribution in [-0.2, 0) is 11.3 Å². The zero-order valence-electron chi connectivity index (χ0n) is 10.6. The molecule has 0 saturated carbocycles. The van der Waals surface area contributed by atoms with E-state index in [0.717, 1.165) is 5.76 Å². The van der Waals surface area contributed by atoms with Crippen molar-refractivity contribution in [3.63, 3.8) is 0 Å². The summed E-state index contributed by atoms with van der Waals surface area (Å²) in [4.78, 5) is 22.2. The van der Waals surface area contributed by atoms with Crippen molar-refractivity contribution in [2.75, 3.05) is 0 Å². The van der Waals surface area contributed by atoms with Gasteiger partial charge in [-0.2, -0.15) is 0 Å². The van der Waals surface area contributed by atoms with Crippen LogP contribution < -0.4 is 11.1 Å². The highest BCUT2D eigenvalue weighted by molar-refractivity contribution is 8.00. The van der Waals surface area contributed by atoms with Crippen LogP contribution in [-0.4, -0.2) is 32.0 Å². The lowest BCUT2D eigenvalue weighted by molar-refractivity contribution is -0.119. The Morgan fingerprint density at radius 1 is 1.60 bits per heavy atom. The third kappa shape index (κ3) is 3.60. The quantitative estimate of drug-likeness (QED) is 0.780. The van der Waals surface area contributed by atoms with Crippen molar-refractivity contribution in [3.05, 3.63) is 30.5 Å². The smallest absolute Gasteiger partial charge is 0.318 e. The Hall–Kier alpha value is -2.29. The number of carbonyl (C=O) groups excluding carboxylic acids is 2. The Morgan fingerprint density at radius 3 is 3.05 bits per heavy atom. The van der Waals surface area contributed by atoms with Gasteiger partial charge in [0.15, 0.2) is 5.16 Å². The van der Waals surface area contributed by atoms with E-state index in [-0.39, 0.29) is 0 Å². The molecule has 106 valence electrons. The molecule has 0 aromatic carbocycles. The molecular weight excluding hydrogens is 282 g/mol. The number of furan rings is 1. The first-order valence-corrected chi connectivity index (χ1v) is 6.61. The number of thioether (sulfide) groups is 1. The van der Waals surface area contributed by atoms with Crippen molar-refractivity contribution in [1.82, 2.24) is 20.1 Å². The Kier molecular flexibility index (Phi) is 4.41. The van der Waals surface area contributed by atoms with E-state index >= 15 is 0 Å². The van der Waals surface area contributed by atoms with Crippen LogP contribution in [0.25, 0.3) is 0 Å². The first-order valence-electron chi connectivity index (χ1n) is 5.73. The van der Waals surface area contributed by atoms with E-state index in [0.29, 0.717) is 11.7 Å². The molecule has 0 fully saturated rings. The number of nitrogens with zero attached hydrogens (tertiary/aromatic N) is 3. The van der Waals surface area contributed by atoms with Crippen LogP contribution in [0.4, 0.5) is 4.79 Å². The van der Waals surface area contributed by atoms with Crippen molar-refractivity contribution in [2.45, 2.75) is 23.9 Å². The largest absolute Gasteiger partial charge is 0.467 e. The second-order valence-electron chi connectivity index (χ2n) is 3.93. The number of amides is 3. The van der Waals surface area contributed by atoms with Crippen molar-refractivity contribution >= 4 is 23.7 Å². The summed E-state index contributed by atoms with van der Waals surface area (Å²) in [7, 11) is 0. The highest BCUT2D eigenvalue weighted by Crippen LogP contribution is 2.21. The molecule has 0 bridgehead atoms. The van der Waals surface area contributed by atoms with Crippen LogP contribution in [0.15, 0.2) is 34.3 Å². The fourth-order valence-electron chi connectivity index (χ4n) is 1.45. The van der Waals surface area contributed by atoms with Gasteiger partial charge in [0.1, 0.15) is 12.1 Å². The summed E-state index contributed by atoms with van der Waals surface area (Å²) in [6, 6.07) is 2.74. The molecular formula is C11H13N5O3S. The fourth-order valence-corrected chi connectivity index (χ4v) is 2.27. The molecule has 3 amide bonds. The van der Waals surface area contributed by atoms with E-state index in [9.17, 15) is 9.59 Å². The minimum Gasteiger partial charge on any atom is -0.467 e. The topological polar surface area (TPSA) is 116 Å². The van der Waals surface area contributed by atoms with Gasteiger partial charge in [-0.05, 0) is 19.1 Å². The van der Waals surface area contributed by atoms with E-state index in [1.165, 1.54) is 11.8 Å². The number of nitrogens with one attached hydrogen (secondary N) is 1. The predicted octanol–water partition coefficient (Wildman–Crippen LogP) is 0.595. The Bertz CT molecular complexity index is 595. The number of primary amides is 1. The van der Waals surface area contributed by atoms with Gasteiger partial charge in [-0.1, -0.05) is 11.8 Å². The molecule has 9 heteroatoms. The van der Waals surface area contributed by atoms with Gasteiger partial charge in [-0.25, -0.2) is 4.79 Å². The minimum atomic E-state index is -0.875. The van der Waals surface area contributed by atoms with Gasteiger partial charge in [0.05, 0.1) is 18.1 Å². The number of hydrogen-bond donors (Lipinski definition) is 2. The Balaban J connectivity index is 2.01. The standard InChI is InChI=1S/C11H13N5O3S/c1-7(9(17)14-10(12)18)20-11-15-13-6-16(11)5-8-3-2-4-19-8/h2-4,6-7H,5H2,1H3,(H3,12,14,17,18). The Morgan fingerprint density at radius 2 is 2.40 bits per heavy atom. The monoisotopic (exact) mass is 295 g/mol. The Labute approximate surface area is 118 Å².